The first kappa shape index (κ1) is 18.2. The minimum absolute atomic E-state index is 0.371. The molecule has 7 nitrogen and oxygen atoms in total. The second kappa shape index (κ2) is 6.10. The Kier molecular flexibility index (Phi) is 4.82. The summed E-state index contributed by atoms with van der Waals surface area (Å²) in [5.74, 6) is -5.12. The van der Waals surface area contributed by atoms with E-state index in [0.717, 1.165) is 5.32 Å². The lowest BCUT2D eigenvalue weighted by molar-refractivity contribution is -0.384. The van der Waals surface area contributed by atoms with Gasteiger partial charge in [0.2, 0.25) is 0 Å². The van der Waals surface area contributed by atoms with E-state index >= 15 is 0 Å². The maximum atomic E-state index is 12.2. The molecule has 0 atom stereocenters. The Balaban J connectivity index is 3.22. The molecular formula is C10H5F6N3O4. The average Bonchev–Trinajstić information content (AvgIpc) is 2.37. The lowest BCUT2D eigenvalue weighted by Crippen LogP contribution is -2.32. The van der Waals surface area contributed by atoms with E-state index in [-0.39, 0.29) is 0 Å². The highest BCUT2D eigenvalue weighted by molar-refractivity contribution is 6.03. The van der Waals surface area contributed by atoms with Crippen LogP contribution in [0.15, 0.2) is 18.2 Å². The number of benzene rings is 1. The number of anilines is 2. The Bertz CT molecular complexity index is 655. The fourth-order valence-electron chi connectivity index (χ4n) is 1.24. The van der Waals surface area contributed by atoms with Crippen molar-refractivity contribution < 1.29 is 40.9 Å². The molecule has 0 radical (unpaired) electrons. The average molecular weight is 345 g/mol. The lowest BCUT2D eigenvalue weighted by atomic mass is 10.2. The molecule has 2 amide bonds. The molecule has 0 aliphatic rings. The van der Waals surface area contributed by atoms with Crippen LogP contribution in [0.25, 0.3) is 0 Å². The number of rotatable bonds is 3. The Morgan fingerprint density at radius 2 is 1.35 bits per heavy atom. The number of amides is 2. The van der Waals surface area contributed by atoms with Gasteiger partial charge in [-0.05, 0) is 6.07 Å². The summed E-state index contributed by atoms with van der Waals surface area (Å²) >= 11 is 0. The minimum Gasteiger partial charge on any atom is -0.316 e. The van der Waals surface area contributed by atoms with Crippen LogP contribution < -0.4 is 10.6 Å². The third kappa shape index (κ3) is 4.82. The quantitative estimate of drug-likeness (QED) is 0.499. The molecular weight excluding hydrogens is 340 g/mol. The van der Waals surface area contributed by atoms with Gasteiger partial charge in [0.1, 0.15) is 0 Å². The Hall–Kier alpha value is -2.86. The number of carbonyl (C=O) groups is 2. The number of alkyl halides is 6. The molecule has 0 fully saturated rings. The van der Waals surface area contributed by atoms with Gasteiger partial charge in [-0.25, -0.2) is 0 Å². The summed E-state index contributed by atoms with van der Waals surface area (Å²) in [6.07, 6.45) is -10.7. The number of nitrogens with zero attached hydrogens (tertiary/aromatic N) is 1. The Labute approximate surface area is 122 Å². The first-order valence-electron chi connectivity index (χ1n) is 5.37. The maximum Gasteiger partial charge on any atom is 0.471 e. The molecule has 126 valence electrons. The molecule has 0 heterocycles. The van der Waals surface area contributed by atoms with Gasteiger partial charge >= 0.3 is 24.2 Å². The van der Waals surface area contributed by atoms with Crippen molar-refractivity contribution in [2.45, 2.75) is 12.4 Å². The van der Waals surface area contributed by atoms with E-state index < -0.39 is 46.2 Å². The van der Waals surface area contributed by atoms with Crippen LogP contribution in [0.4, 0.5) is 43.4 Å². The predicted octanol–water partition coefficient (Wildman–Crippen LogP) is 2.60. The van der Waals surface area contributed by atoms with E-state index in [1.54, 1.807) is 0 Å². The highest BCUT2D eigenvalue weighted by atomic mass is 19.4. The van der Waals surface area contributed by atoms with E-state index in [1.807, 2.05) is 0 Å². The first-order chi connectivity index (χ1) is 10.3. The van der Waals surface area contributed by atoms with Crippen LogP contribution in [0, 0.1) is 10.1 Å². The van der Waals surface area contributed by atoms with Crippen molar-refractivity contribution in [3.05, 3.63) is 28.3 Å². The largest absolute Gasteiger partial charge is 0.471 e. The van der Waals surface area contributed by atoms with E-state index in [9.17, 15) is 46.0 Å². The molecule has 1 aromatic carbocycles. The van der Waals surface area contributed by atoms with Crippen molar-refractivity contribution in [3.8, 4) is 0 Å². The van der Waals surface area contributed by atoms with Crippen LogP contribution in [-0.4, -0.2) is 29.1 Å². The van der Waals surface area contributed by atoms with Crippen LogP contribution in [0.3, 0.4) is 0 Å². The number of halogens is 6. The number of hydrogen-bond acceptors (Lipinski definition) is 4. The molecule has 1 aromatic rings. The van der Waals surface area contributed by atoms with Crippen LogP contribution in [0.1, 0.15) is 0 Å². The standard InChI is InChI=1S/C10H5F6N3O4/c11-9(12,13)7(20)17-5-2-1-4(19(22)23)3-6(5)18-8(21)10(14,15)16/h1-3H,(H,17,20)(H,18,21). The number of nitrogens with one attached hydrogen (secondary N) is 2. The van der Waals surface area contributed by atoms with Crippen molar-refractivity contribution in [1.29, 1.82) is 0 Å². The highest BCUT2D eigenvalue weighted by Gasteiger charge is 2.41. The molecule has 0 spiro atoms. The molecule has 0 aliphatic heterocycles. The van der Waals surface area contributed by atoms with Crippen molar-refractivity contribution in [3.63, 3.8) is 0 Å². The molecule has 0 aliphatic carbocycles. The van der Waals surface area contributed by atoms with Crippen LogP contribution in [0.5, 0.6) is 0 Å². The van der Waals surface area contributed by atoms with Crippen LogP contribution in [0.2, 0.25) is 0 Å². The van der Waals surface area contributed by atoms with E-state index in [0.29, 0.717) is 18.2 Å². The van der Waals surface area contributed by atoms with E-state index in [1.165, 1.54) is 5.32 Å². The van der Waals surface area contributed by atoms with Crippen molar-refractivity contribution >= 4 is 28.9 Å². The molecule has 0 saturated carbocycles. The monoisotopic (exact) mass is 345 g/mol. The minimum atomic E-state index is -5.39. The molecule has 23 heavy (non-hydrogen) atoms. The van der Waals surface area contributed by atoms with Gasteiger partial charge in [-0.2, -0.15) is 26.3 Å². The van der Waals surface area contributed by atoms with Crippen LogP contribution in [-0.2, 0) is 9.59 Å². The van der Waals surface area contributed by atoms with Crippen molar-refractivity contribution in [2.75, 3.05) is 10.6 Å². The fraction of sp³-hybridized carbons (Fsp3) is 0.200. The van der Waals surface area contributed by atoms with Gasteiger partial charge in [-0.3, -0.25) is 19.7 Å². The first-order valence-corrected chi connectivity index (χ1v) is 5.37. The molecule has 0 bridgehead atoms. The summed E-state index contributed by atoms with van der Waals surface area (Å²) in [6.45, 7) is 0. The number of non-ortho nitro benzene ring substituents is 1. The third-order valence-corrected chi connectivity index (χ3v) is 2.23. The zero-order valence-corrected chi connectivity index (χ0v) is 10.6. The summed E-state index contributed by atoms with van der Waals surface area (Å²) < 4.78 is 72.9. The van der Waals surface area contributed by atoms with Crippen LogP contribution >= 0.6 is 0 Å². The summed E-state index contributed by atoms with van der Waals surface area (Å²) in [7, 11) is 0. The van der Waals surface area contributed by atoms with Gasteiger partial charge in [-0.15, -0.1) is 0 Å². The van der Waals surface area contributed by atoms with Gasteiger partial charge in [-0.1, -0.05) is 0 Å². The number of hydrogen-bond donors (Lipinski definition) is 2. The summed E-state index contributed by atoms with van der Waals surface area (Å²) in [6, 6.07) is 1.55. The van der Waals surface area contributed by atoms with Gasteiger partial charge in [0.05, 0.1) is 16.3 Å². The highest BCUT2D eigenvalue weighted by Crippen LogP contribution is 2.30. The smallest absolute Gasteiger partial charge is 0.316 e. The topological polar surface area (TPSA) is 101 Å². The fourth-order valence-corrected chi connectivity index (χ4v) is 1.24. The number of carbonyl (C=O) groups excluding carboxylic acids is 2. The van der Waals surface area contributed by atoms with E-state index in [4.69, 9.17) is 0 Å². The molecule has 0 aromatic heterocycles. The van der Waals surface area contributed by atoms with Crippen molar-refractivity contribution in [1.82, 2.24) is 0 Å². The van der Waals surface area contributed by atoms with Gasteiger partial charge < -0.3 is 10.6 Å². The number of nitro groups is 1. The second-order valence-electron chi connectivity index (χ2n) is 3.89. The SMILES string of the molecule is O=C(Nc1ccc([N+](=O)[O-])cc1NC(=O)C(F)(F)F)C(F)(F)F. The van der Waals surface area contributed by atoms with Crippen molar-refractivity contribution in [2.24, 2.45) is 0 Å². The summed E-state index contributed by atoms with van der Waals surface area (Å²) in [4.78, 5) is 31.1. The third-order valence-electron chi connectivity index (χ3n) is 2.23. The maximum absolute atomic E-state index is 12.2. The summed E-state index contributed by atoms with van der Waals surface area (Å²) in [5, 5.41) is 12.9. The zero-order valence-electron chi connectivity index (χ0n) is 10.6. The predicted molar refractivity (Wildman–Crippen MR) is 62.5 cm³/mol. The molecule has 13 heteroatoms. The van der Waals surface area contributed by atoms with Gasteiger partial charge in [0.25, 0.3) is 5.69 Å². The zero-order chi connectivity index (χ0) is 18.0. The summed E-state index contributed by atoms with van der Waals surface area (Å²) in [5.41, 5.74) is -2.72. The van der Waals surface area contributed by atoms with E-state index in [2.05, 4.69) is 0 Å². The second-order valence-corrected chi connectivity index (χ2v) is 3.89. The lowest BCUT2D eigenvalue weighted by Gasteiger charge is -2.14. The Morgan fingerprint density at radius 1 is 0.913 bits per heavy atom. The molecule has 0 saturated heterocycles. The molecule has 1 rings (SSSR count). The van der Waals surface area contributed by atoms with Gasteiger partial charge in [0.15, 0.2) is 0 Å². The normalized spacial score (nSPS) is 11.7. The molecule has 2 N–H and O–H groups in total. The number of nitro benzene ring substituents is 1. The van der Waals surface area contributed by atoms with Gasteiger partial charge in [0, 0.05) is 12.1 Å². The molecule has 0 unspecified atom stereocenters. The Morgan fingerprint density at radius 3 is 1.74 bits per heavy atom.